The number of sulfone groups is 1. The van der Waals surface area contributed by atoms with Gasteiger partial charge in [-0.2, -0.15) is 13.2 Å². The van der Waals surface area contributed by atoms with Crippen molar-refractivity contribution in [1.82, 2.24) is 14.9 Å². The number of nitrogens with zero attached hydrogens (tertiary/aromatic N) is 3. The van der Waals surface area contributed by atoms with E-state index in [0.29, 0.717) is 12.5 Å². The van der Waals surface area contributed by atoms with Crippen LogP contribution in [0.5, 0.6) is 0 Å². The summed E-state index contributed by atoms with van der Waals surface area (Å²) in [6.45, 7) is -0.167. The number of alkyl halides is 3. The lowest BCUT2D eigenvalue weighted by atomic mass is 10.2. The van der Waals surface area contributed by atoms with E-state index in [4.69, 9.17) is 0 Å². The van der Waals surface area contributed by atoms with Crippen molar-refractivity contribution >= 4 is 21.7 Å². The second kappa shape index (κ2) is 6.40. The molecule has 0 aliphatic carbocycles. The third kappa shape index (κ3) is 4.86. The van der Waals surface area contributed by atoms with E-state index in [9.17, 15) is 26.4 Å². The topological polar surface area (TPSA) is 92.3 Å². The highest BCUT2D eigenvalue weighted by Gasteiger charge is 2.33. The monoisotopic (exact) mass is 352 g/mol. The maximum atomic E-state index is 12.5. The molecule has 1 atom stereocenters. The summed E-state index contributed by atoms with van der Waals surface area (Å²) in [4.78, 5) is 20.2. The molecule has 0 radical (unpaired) electrons. The molecular weight excluding hydrogens is 337 g/mol. The number of likely N-dealkylation sites (N-methyl/N-ethyl adjacent to an activating group) is 1. The Kier molecular flexibility index (Phi) is 4.90. The molecule has 2 heterocycles. The van der Waals surface area contributed by atoms with Crippen LogP contribution in [-0.2, 0) is 20.8 Å². The summed E-state index contributed by atoms with van der Waals surface area (Å²) in [5.74, 6) is -1.02. The fourth-order valence-electron chi connectivity index (χ4n) is 2.22. The largest absolute Gasteiger partial charge is 0.433 e. The molecule has 11 heteroatoms. The smallest absolute Gasteiger partial charge is 0.294 e. The highest BCUT2D eigenvalue weighted by atomic mass is 32.2. The lowest BCUT2D eigenvalue weighted by Gasteiger charge is -2.22. The van der Waals surface area contributed by atoms with E-state index in [2.05, 4.69) is 15.3 Å². The first kappa shape index (κ1) is 17.6. The minimum Gasteiger partial charge on any atom is -0.294 e. The van der Waals surface area contributed by atoms with Crippen molar-refractivity contribution in [1.29, 1.82) is 0 Å². The normalized spacial score (nSPS) is 20.7. The molecule has 7 nitrogen and oxygen atoms in total. The lowest BCUT2D eigenvalue weighted by Crippen LogP contribution is -2.38. The minimum atomic E-state index is -4.63. The zero-order valence-corrected chi connectivity index (χ0v) is 13.0. The first-order valence-electron chi connectivity index (χ1n) is 6.67. The number of aromatic nitrogens is 2. The summed E-state index contributed by atoms with van der Waals surface area (Å²) in [6, 6.07) is 0.415. The zero-order valence-electron chi connectivity index (χ0n) is 12.2. The van der Waals surface area contributed by atoms with Gasteiger partial charge in [0.15, 0.2) is 9.84 Å². The van der Waals surface area contributed by atoms with Gasteiger partial charge in [0.05, 0.1) is 18.1 Å². The van der Waals surface area contributed by atoms with Crippen molar-refractivity contribution in [2.75, 3.05) is 30.4 Å². The summed E-state index contributed by atoms with van der Waals surface area (Å²) < 4.78 is 60.4. The summed E-state index contributed by atoms with van der Waals surface area (Å²) in [5.41, 5.74) is -1.15. The Morgan fingerprint density at radius 1 is 1.48 bits per heavy atom. The summed E-state index contributed by atoms with van der Waals surface area (Å²) >= 11 is 0. The molecule has 1 aromatic rings. The molecule has 0 bridgehead atoms. The van der Waals surface area contributed by atoms with Gasteiger partial charge in [0.1, 0.15) is 5.69 Å². The van der Waals surface area contributed by atoms with Crippen molar-refractivity contribution in [3.05, 3.63) is 18.0 Å². The van der Waals surface area contributed by atoms with Crippen LogP contribution in [0.3, 0.4) is 0 Å². The van der Waals surface area contributed by atoms with Crippen LogP contribution in [0.4, 0.5) is 19.1 Å². The van der Waals surface area contributed by atoms with Gasteiger partial charge in [0.2, 0.25) is 11.9 Å². The Morgan fingerprint density at radius 2 is 2.17 bits per heavy atom. The van der Waals surface area contributed by atoms with E-state index < -0.39 is 33.6 Å². The first-order valence-corrected chi connectivity index (χ1v) is 8.50. The standard InChI is InChI=1S/C12H15F3N4O3S/c1-19(8-3-5-23(21,22)7-8)6-10(20)18-11-16-4-2-9(17-11)12(13,14)15/h2,4,8H,3,5-7H2,1H3,(H,16,17,18,20). The van der Waals surface area contributed by atoms with Gasteiger partial charge in [-0.05, 0) is 19.5 Å². The van der Waals surface area contributed by atoms with Gasteiger partial charge in [0, 0.05) is 12.2 Å². The van der Waals surface area contributed by atoms with Crippen LogP contribution < -0.4 is 5.32 Å². The quantitative estimate of drug-likeness (QED) is 0.851. The maximum absolute atomic E-state index is 12.5. The van der Waals surface area contributed by atoms with Crippen molar-refractivity contribution in [2.45, 2.75) is 18.6 Å². The lowest BCUT2D eigenvalue weighted by molar-refractivity contribution is -0.141. The van der Waals surface area contributed by atoms with E-state index in [1.54, 1.807) is 11.9 Å². The molecule has 1 N–H and O–H groups in total. The third-order valence-electron chi connectivity index (χ3n) is 3.42. The molecular formula is C12H15F3N4O3S. The van der Waals surface area contributed by atoms with Crippen molar-refractivity contribution < 1.29 is 26.4 Å². The van der Waals surface area contributed by atoms with E-state index in [-0.39, 0.29) is 24.1 Å². The van der Waals surface area contributed by atoms with Crippen LogP contribution in [0.25, 0.3) is 0 Å². The third-order valence-corrected chi connectivity index (χ3v) is 5.17. The second-order valence-electron chi connectivity index (χ2n) is 5.28. The number of hydrogen-bond donors (Lipinski definition) is 1. The molecule has 1 aliphatic rings. The van der Waals surface area contributed by atoms with E-state index in [0.717, 1.165) is 6.20 Å². The van der Waals surface area contributed by atoms with Crippen molar-refractivity contribution in [3.63, 3.8) is 0 Å². The molecule has 1 aliphatic heterocycles. The number of halogens is 3. The van der Waals surface area contributed by atoms with Gasteiger partial charge in [-0.1, -0.05) is 0 Å². The molecule has 0 aromatic carbocycles. The van der Waals surface area contributed by atoms with Crippen LogP contribution >= 0.6 is 0 Å². The molecule has 1 saturated heterocycles. The number of carbonyl (C=O) groups is 1. The van der Waals surface area contributed by atoms with E-state index in [1.165, 1.54) is 0 Å². The van der Waals surface area contributed by atoms with Gasteiger partial charge in [-0.25, -0.2) is 18.4 Å². The predicted octanol–water partition coefficient (Wildman–Crippen LogP) is 0.553. The minimum absolute atomic E-state index is 0.0309. The maximum Gasteiger partial charge on any atom is 0.433 e. The van der Waals surface area contributed by atoms with Crippen LogP contribution in [0.2, 0.25) is 0 Å². The molecule has 1 aromatic heterocycles. The number of anilines is 1. The van der Waals surface area contributed by atoms with Crippen molar-refractivity contribution in [3.8, 4) is 0 Å². The molecule has 2 rings (SSSR count). The van der Waals surface area contributed by atoms with Crippen LogP contribution in [-0.4, -0.2) is 60.3 Å². The molecule has 0 saturated carbocycles. The fraction of sp³-hybridized carbons (Fsp3) is 0.583. The summed E-state index contributed by atoms with van der Waals surface area (Å²) in [5, 5.41) is 2.18. The number of amides is 1. The Bertz CT molecular complexity index is 693. The number of carbonyl (C=O) groups excluding carboxylic acids is 1. The van der Waals surface area contributed by atoms with Gasteiger partial charge in [-0.15, -0.1) is 0 Å². The molecule has 23 heavy (non-hydrogen) atoms. The van der Waals surface area contributed by atoms with Crippen molar-refractivity contribution in [2.24, 2.45) is 0 Å². The summed E-state index contributed by atoms with van der Waals surface area (Å²) in [7, 11) is -1.50. The SMILES string of the molecule is CN(CC(=O)Nc1nccc(C(F)(F)F)n1)C1CCS(=O)(=O)C1. The highest BCUT2D eigenvalue weighted by Crippen LogP contribution is 2.27. The molecule has 0 spiro atoms. The Morgan fingerprint density at radius 3 is 2.74 bits per heavy atom. The highest BCUT2D eigenvalue weighted by molar-refractivity contribution is 7.91. The van der Waals surface area contributed by atoms with Gasteiger partial charge >= 0.3 is 6.18 Å². The van der Waals surface area contributed by atoms with Gasteiger partial charge in [-0.3, -0.25) is 15.0 Å². The Hall–Kier alpha value is -1.75. The number of nitrogens with one attached hydrogen (secondary N) is 1. The van der Waals surface area contributed by atoms with E-state index >= 15 is 0 Å². The first-order chi connectivity index (χ1) is 10.6. The molecule has 1 amide bonds. The second-order valence-corrected chi connectivity index (χ2v) is 7.51. The van der Waals surface area contributed by atoms with Crippen LogP contribution in [0.1, 0.15) is 12.1 Å². The molecule has 1 unspecified atom stereocenters. The Balaban J connectivity index is 1.95. The predicted molar refractivity (Wildman–Crippen MR) is 75.4 cm³/mol. The summed E-state index contributed by atoms with van der Waals surface area (Å²) in [6.07, 6.45) is -3.30. The molecule has 1 fully saturated rings. The van der Waals surface area contributed by atoms with Crippen LogP contribution in [0.15, 0.2) is 12.3 Å². The number of rotatable bonds is 4. The zero-order chi connectivity index (χ0) is 17.3. The Labute approximate surface area is 130 Å². The number of hydrogen-bond acceptors (Lipinski definition) is 6. The van der Waals surface area contributed by atoms with Gasteiger partial charge < -0.3 is 0 Å². The van der Waals surface area contributed by atoms with Crippen LogP contribution in [0, 0.1) is 0 Å². The molecule has 128 valence electrons. The average molecular weight is 352 g/mol. The fourth-order valence-corrected chi connectivity index (χ4v) is 4.02. The average Bonchev–Trinajstić information content (AvgIpc) is 2.78. The van der Waals surface area contributed by atoms with Gasteiger partial charge in [0.25, 0.3) is 0 Å². The van der Waals surface area contributed by atoms with E-state index in [1.807, 2.05) is 0 Å².